The van der Waals surface area contributed by atoms with Crippen molar-refractivity contribution < 1.29 is 4.74 Å². The van der Waals surface area contributed by atoms with Crippen LogP contribution in [0.4, 0.5) is 5.69 Å². The van der Waals surface area contributed by atoms with Crippen molar-refractivity contribution in [2.24, 2.45) is 0 Å². The zero-order valence-corrected chi connectivity index (χ0v) is 12.4. The highest BCUT2D eigenvalue weighted by Gasteiger charge is 2.01. The maximum absolute atomic E-state index is 5.12. The summed E-state index contributed by atoms with van der Waals surface area (Å²) in [6.07, 6.45) is 1.82. The predicted octanol–water partition coefficient (Wildman–Crippen LogP) is 3.83. The molecule has 2 heterocycles. The van der Waals surface area contributed by atoms with Crippen LogP contribution in [0.25, 0.3) is 10.6 Å². The lowest BCUT2D eigenvalue weighted by Gasteiger charge is -2.07. The average Bonchev–Trinajstić information content (AvgIpc) is 3.08. The normalized spacial score (nSPS) is 10.3. The maximum Gasteiger partial charge on any atom is 0.213 e. The number of ether oxygens (including phenoxy) is 1. The Hall–Kier alpha value is -2.40. The SMILES string of the molecule is COc1cccc(CNc2ccc(-c3nccs3)cc2)n1. The van der Waals surface area contributed by atoms with Crippen LogP contribution in [0.1, 0.15) is 5.69 Å². The van der Waals surface area contributed by atoms with E-state index in [1.807, 2.05) is 29.8 Å². The summed E-state index contributed by atoms with van der Waals surface area (Å²) in [7, 11) is 1.62. The molecular formula is C16H15N3OS. The van der Waals surface area contributed by atoms with Crippen LogP contribution < -0.4 is 10.1 Å². The standard InChI is InChI=1S/C16H15N3OS/c1-20-15-4-2-3-14(19-15)11-18-13-7-5-12(6-8-13)16-17-9-10-21-16/h2-10,18H,11H2,1H3. The van der Waals surface area contributed by atoms with Crippen molar-refractivity contribution >= 4 is 17.0 Å². The molecule has 0 bridgehead atoms. The molecule has 0 saturated heterocycles. The fourth-order valence-corrected chi connectivity index (χ4v) is 2.60. The molecule has 1 aromatic carbocycles. The van der Waals surface area contributed by atoms with Gasteiger partial charge in [0.05, 0.1) is 19.3 Å². The van der Waals surface area contributed by atoms with Gasteiger partial charge in [0.15, 0.2) is 0 Å². The van der Waals surface area contributed by atoms with Crippen molar-refractivity contribution in [3.8, 4) is 16.5 Å². The van der Waals surface area contributed by atoms with E-state index in [2.05, 4.69) is 39.6 Å². The molecule has 106 valence electrons. The van der Waals surface area contributed by atoms with Crippen LogP contribution in [0.5, 0.6) is 5.88 Å². The van der Waals surface area contributed by atoms with Gasteiger partial charge in [0.2, 0.25) is 5.88 Å². The number of aromatic nitrogens is 2. The minimum absolute atomic E-state index is 0.633. The number of pyridine rings is 1. The number of nitrogens with one attached hydrogen (secondary N) is 1. The molecule has 21 heavy (non-hydrogen) atoms. The number of hydrogen-bond acceptors (Lipinski definition) is 5. The number of rotatable bonds is 5. The smallest absolute Gasteiger partial charge is 0.213 e. The zero-order valence-electron chi connectivity index (χ0n) is 11.6. The largest absolute Gasteiger partial charge is 0.481 e. The molecule has 0 spiro atoms. The first-order valence-electron chi connectivity index (χ1n) is 6.59. The van der Waals surface area contributed by atoms with E-state index in [1.54, 1.807) is 18.4 Å². The second kappa shape index (κ2) is 6.37. The van der Waals surface area contributed by atoms with E-state index in [0.717, 1.165) is 22.0 Å². The quantitative estimate of drug-likeness (QED) is 0.777. The minimum Gasteiger partial charge on any atom is -0.481 e. The summed E-state index contributed by atoms with van der Waals surface area (Å²) in [6.45, 7) is 0.661. The van der Waals surface area contributed by atoms with Crippen molar-refractivity contribution in [3.05, 3.63) is 59.7 Å². The van der Waals surface area contributed by atoms with Crippen molar-refractivity contribution in [1.29, 1.82) is 0 Å². The molecule has 2 aromatic heterocycles. The van der Waals surface area contributed by atoms with E-state index < -0.39 is 0 Å². The van der Waals surface area contributed by atoms with E-state index in [9.17, 15) is 0 Å². The topological polar surface area (TPSA) is 47.0 Å². The second-order valence-corrected chi connectivity index (χ2v) is 5.33. The molecular weight excluding hydrogens is 282 g/mol. The molecule has 0 unspecified atom stereocenters. The molecule has 0 amide bonds. The van der Waals surface area contributed by atoms with Gasteiger partial charge < -0.3 is 10.1 Å². The Morgan fingerprint density at radius 1 is 1.14 bits per heavy atom. The number of anilines is 1. The third-order valence-electron chi connectivity index (χ3n) is 3.03. The first-order valence-corrected chi connectivity index (χ1v) is 7.47. The fraction of sp³-hybridized carbons (Fsp3) is 0.125. The van der Waals surface area contributed by atoms with Crippen molar-refractivity contribution in [3.63, 3.8) is 0 Å². The lowest BCUT2D eigenvalue weighted by molar-refractivity contribution is 0.396. The second-order valence-electron chi connectivity index (χ2n) is 4.44. The fourth-order valence-electron chi connectivity index (χ4n) is 1.96. The van der Waals surface area contributed by atoms with Crippen LogP contribution in [-0.2, 0) is 6.54 Å². The molecule has 0 atom stereocenters. The summed E-state index contributed by atoms with van der Waals surface area (Å²) in [5, 5.41) is 6.37. The highest BCUT2D eigenvalue weighted by atomic mass is 32.1. The summed E-state index contributed by atoms with van der Waals surface area (Å²) < 4.78 is 5.12. The van der Waals surface area contributed by atoms with Crippen LogP contribution in [0.15, 0.2) is 54.0 Å². The summed E-state index contributed by atoms with van der Waals surface area (Å²) in [6, 6.07) is 14.0. The van der Waals surface area contributed by atoms with Gasteiger partial charge in [-0.25, -0.2) is 9.97 Å². The molecule has 5 heteroatoms. The van der Waals surface area contributed by atoms with Crippen LogP contribution in [0.2, 0.25) is 0 Å². The number of benzene rings is 1. The van der Waals surface area contributed by atoms with Crippen molar-refractivity contribution in [2.75, 3.05) is 12.4 Å². The Morgan fingerprint density at radius 3 is 2.71 bits per heavy atom. The average molecular weight is 297 g/mol. The molecule has 0 aliphatic heterocycles. The van der Waals surface area contributed by atoms with Gasteiger partial charge in [-0.05, 0) is 30.3 Å². The van der Waals surface area contributed by atoms with Gasteiger partial charge >= 0.3 is 0 Å². The lowest BCUT2D eigenvalue weighted by Crippen LogP contribution is -2.02. The third-order valence-corrected chi connectivity index (χ3v) is 3.85. The number of hydrogen-bond donors (Lipinski definition) is 1. The first kappa shape index (κ1) is 13.6. The lowest BCUT2D eigenvalue weighted by atomic mass is 10.2. The Balaban J connectivity index is 1.65. The van der Waals surface area contributed by atoms with Gasteiger partial charge in [-0.2, -0.15) is 0 Å². The summed E-state index contributed by atoms with van der Waals surface area (Å²) in [5.74, 6) is 0.633. The minimum atomic E-state index is 0.633. The Bertz CT molecular complexity index is 696. The first-order chi connectivity index (χ1) is 10.3. The van der Waals surface area contributed by atoms with Crippen LogP contribution >= 0.6 is 11.3 Å². The number of methoxy groups -OCH3 is 1. The van der Waals surface area contributed by atoms with Gasteiger partial charge in [-0.1, -0.05) is 6.07 Å². The van der Waals surface area contributed by atoms with Crippen molar-refractivity contribution in [1.82, 2.24) is 9.97 Å². The molecule has 1 N–H and O–H groups in total. The van der Waals surface area contributed by atoms with E-state index in [1.165, 1.54) is 0 Å². The van der Waals surface area contributed by atoms with Gasteiger partial charge in [0.1, 0.15) is 5.01 Å². The molecule has 0 radical (unpaired) electrons. The molecule has 3 rings (SSSR count). The van der Waals surface area contributed by atoms with Crippen LogP contribution in [0, 0.1) is 0 Å². The van der Waals surface area contributed by atoms with Gasteiger partial charge in [0, 0.05) is 28.9 Å². The van der Waals surface area contributed by atoms with Gasteiger partial charge in [0.25, 0.3) is 0 Å². The molecule has 0 aliphatic carbocycles. The van der Waals surface area contributed by atoms with Gasteiger partial charge in [-0.3, -0.25) is 0 Å². The summed E-state index contributed by atoms with van der Waals surface area (Å²) in [4.78, 5) is 8.67. The summed E-state index contributed by atoms with van der Waals surface area (Å²) >= 11 is 1.64. The Labute approximate surface area is 127 Å². The number of nitrogens with zero attached hydrogens (tertiary/aromatic N) is 2. The van der Waals surface area contributed by atoms with Crippen LogP contribution in [-0.4, -0.2) is 17.1 Å². The molecule has 0 aliphatic rings. The highest BCUT2D eigenvalue weighted by Crippen LogP contribution is 2.23. The third kappa shape index (κ3) is 3.38. The summed E-state index contributed by atoms with van der Waals surface area (Å²) in [5.41, 5.74) is 3.13. The monoisotopic (exact) mass is 297 g/mol. The Morgan fingerprint density at radius 2 is 2.00 bits per heavy atom. The van der Waals surface area contributed by atoms with E-state index >= 15 is 0 Å². The van der Waals surface area contributed by atoms with Crippen LogP contribution in [0.3, 0.4) is 0 Å². The maximum atomic E-state index is 5.12. The van der Waals surface area contributed by atoms with Crippen molar-refractivity contribution in [2.45, 2.75) is 6.54 Å². The molecule has 0 fully saturated rings. The van der Waals surface area contributed by atoms with E-state index in [0.29, 0.717) is 12.4 Å². The highest BCUT2D eigenvalue weighted by molar-refractivity contribution is 7.13. The Kier molecular flexibility index (Phi) is 4.12. The molecule has 3 aromatic rings. The number of thiazole rings is 1. The van der Waals surface area contributed by atoms with E-state index in [-0.39, 0.29) is 0 Å². The molecule has 4 nitrogen and oxygen atoms in total. The zero-order chi connectivity index (χ0) is 14.5. The van der Waals surface area contributed by atoms with E-state index in [4.69, 9.17) is 4.74 Å². The molecule has 0 saturated carbocycles. The predicted molar refractivity (Wildman–Crippen MR) is 85.7 cm³/mol. The van der Waals surface area contributed by atoms with Gasteiger partial charge in [-0.15, -0.1) is 11.3 Å².